The lowest BCUT2D eigenvalue weighted by Crippen LogP contribution is -2.23. The van der Waals surface area contributed by atoms with E-state index in [1.54, 1.807) is 27.4 Å². The maximum absolute atomic E-state index is 12.4. The summed E-state index contributed by atoms with van der Waals surface area (Å²) in [5.41, 5.74) is 2.56. The maximum Gasteiger partial charge on any atom is 0.251 e. The molecule has 0 saturated heterocycles. The van der Waals surface area contributed by atoms with Crippen LogP contribution in [-0.4, -0.2) is 27.2 Å². The van der Waals surface area contributed by atoms with E-state index < -0.39 is 0 Å². The Kier molecular flexibility index (Phi) is 6.07. The average Bonchev–Trinajstić information content (AvgIpc) is 2.64. The van der Waals surface area contributed by atoms with Gasteiger partial charge in [-0.3, -0.25) is 4.79 Å². The molecule has 0 atom stereocenters. The molecule has 0 saturated carbocycles. The quantitative estimate of drug-likeness (QED) is 0.847. The fourth-order valence-electron chi connectivity index (χ4n) is 2.47. The molecule has 0 unspecified atom stereocenters. The van der Waals surface area contributed by atoms with Crippen molar-refractivity contribution < 1.29 is 19.0 Å². The SMILES string of the molecule is CCc1cc(C(=O)NCc2ccc(OC)c(OC)c2)ccc1OC. The number of carbonyl (C=O) groups is 1. The Morgan fingerprint density at radius 1 is 0.917 bits per heavy atom. The van der Waals surface area contributed by atoms with Gasteiger partial charge in [0.05, 0.1) is 21.3 Å². The van der Waals surface area contributed by atoms with Crippen LogP contribution < -0.4 is 19.5 Å². The lowest BCUT2D eigenvalue weighted by molar-refractivity contribution is 0.0950. The van der Waals surface area contributed by atoms with Crippen LogP contribution in [0.3, 0.4) is 0 Å². The molecule has 2 aromatic carbocycles. The molecule has 0 aliphatic rings. The number of rotatable bonds is 7. The van der Waals surface area contributed by atoms with Crippen molar-refractivity contribution in [3.63, 3.8) is 0 Å². The number of hydrogen-bond donors (Lipinski definition) is 1. The molecular weight excluding hydrogens is 306 g/mol. The topological polar surface area (TPSA) is 56.8 Å². The molecule has 2 rings (SSSR count). The smallest absolute Gasteiger partial charge is 0.251 e. The first-order valence-corrected chi connectivity index (χ1v) is 7.79. The summed E-state index contributed by atoms with van der Waals surface area (Å²) in [7, 11) is 4.81. The van der Waals surface area contributed by atoms with Crippen molar-refractivity contribution in [3.05, 3.63) is 53.1 Å². The summed E-state index contributed by atoms with van der Waals surface area (Å²) in [5, 5.41) is 2.92. The first-order valence-electron chi connectivity index (χ1n) is 7.79. The molecule has 0 aliphatic heterocycles. The van der Waals surface area contributed by atoms with Crippen LogP contribution in [0.2, 0.25) is 0 Å². The Labute approximate surface area is 142 Å². The fraction of sp³-hybridized carbons (Fsp3) is 0.316. The second-order valence-corrected chi connectivity index (χ2v) is 5.25. The largest absolute Gasteiger partial charge is 0.496 e. The van der Waals surface area contributed by atoms with Crippen LogP contribution in [-0.2, 0) is 13.0 Å². The lowest BCUT2D eigenvalue weighted by atomic mass is 10.1. The van der Waals surface area contributed by atoms with Gasteiger partial charge >= 0.3 is 0 Å². The number of hydrogen-bond acceptors (Lipinski definition) is 4. The average molecular weight is 329 g/mol. The Morgan fingerprint density at radius 3 is 2.21 bits per heavy atom. The summed E-state index contributed by atoms with van der Waals surface area (Å²) in [6.07, 6.45) is 0.806. The summed E-state index contributed by atoms with van der Waals surface area (Å²) in [6, 6.07) is 11.0. The minimum Gasteiger partial charge on any atom is -0.496 e. The van der Waals surface area contributed by atoms with Crippen LogP contribution in [0, 0.1) is 0 Å². The van der Waals surface area contributed by atoms with Gasteiger partial charge in [-0.1, -0.05) is 13.0 Å². The van der Waals surface area contributed by atoms with E-state index in [4.69, 9.17) is 14.2 Å². The maximum atomic E-state index is 12.4. The van der Waals surface area contributed by atoms with Gasteiger partial charge in [0.15, 0.2) is 11.5 Å². The number of nitrogens with one attached hydrogen (secondary N) is 1. The zero-order valence-electron chi connectivity index (χ0n) is 14.5. The Hall–Kier alpha value is -2.69. The predicted octanol–water partition coefficient (Wildman–Crippen LogP) is 3.20. The van der Waals surface area contributed by atoms with Crippen LogP contribution in [0.5, 0.6) is 17.2 Å². The minimum absolute atomic E-state index is 0.123. The summed E-state index contributed by atoms with van der Waals surface area (Å²) in [5.74, 6) is 1.98. The van der Waals surface area contributed by atoms with Crippen LogP contribution in [0.25, 0.3) is 0 Å². The first-order chi connectivity index (χ1) is 11.6. The second-order valence-electron chi connectivity index (χ2n) is 5.25. The van der Waals surface area contributed by atoms with Gasteiger partial charge in [0.2, 0.25) is 0 Å². The normalized spacial score (nSPS) is 10.2. The molecule has 0 heterocycles. The van der Waals surface area contributed by atoms with Gasteiger partial charge in [-0.2, -0.15) is 0 Å². The van der Waals surface area contributed by atoms with Crippen molar-refractivity contribution in [2.75, 3.05) is 21.3 Å². The summed E-state index contributed by atoms with van der Waals surface area (Å²) < 4.78 is 15.8. The van der Waals surface area contributed by atoms with Crippen LogP contribution in [0.4, 0.5) is 0 Å². The fourth-order valence-corrected chi connectivity index (χ4v) is 2.47. The van der Waals surface area contributed by atoms with E-state index in [2.05, 4.69) is 5.32 Å². The highest BCUT2D eigenvalue weighted by Crippen LogP contribution is 2.27. The van der Waals surface area contributed by atoms with Crippen LogP contribution in [0.1, 0.15) is 28.4 Å². The van der Waals surface area contributed by atoms with E-state index in [9.17, 15) is 4.79 Å². The lowest BCUT2D eigenvalue weighted by Gasteiger charge is -2.11. The van der Waals surface area contributed by atoms with E-state index in [-0.39, 0.29) is 5.91 Å². The van der Waals surface area contributed by atoms with Gasteiger partial charge in [0.25, 0.3) is 5.91 Å². The predicted molar refractivity (Wildman–Crippen MR) is 93.1 cm³/mol. The standard InChI is InChI=1S/C19H23NO4/c1-5-14-11-15(7-9-16(14)22-2)19(21)20-12-13-6-8-17(23-3)18(10-13)24-4/h6-11H,5,12H2,1-4H3,(H,20,21). The molecule has 2 aromatic rings. The van der Waals surface area contributed by atoms with E-state index in [0.29, 0.717) is 23.6 Å². The third-order valence-electron chi connectivity index (χ3n) is 3.82. The molecule has 0 radical (unpaired) electrons. The van der Waals surface area contributed by atoms with Gasteiger partial charge in [-0.05, 0) is 47.9 Å². The van der Waals surface area contributed by atoms with Crippen molar-refractivity contribution in [3.8, 4) is 17.2 Å². The van der Waals surface area contributed by atoms with Crippen molar-refractivity contribution in [1.82, 2.24) is 5.32 Å². The number of methoxy groups -OCH3 is 3. The molecule has 0 bridgehead atoms. The Bertz CT molecular complexity index is 713. The van der Waals surface area contributed by atoms with Crippen LogP contribution in [0.15, 0.2) is 36.4 Å². The zero-order valence-corrected chi connectivity index (χ0v) is 14.5. The molecule has 5 heteroatoms. The zero-order chi connectivity index (χ0) is 17.5. The van der Waals surface area contributed by atoms with Crippen molar-refractivity contribution in [2.24, 2.45) is 0 Å². The van der Waals surface area contributed by atoms with Gasteiger partial charge in [-0.15, -0.1) is 0 Å². The highest BCUT2D eigenvalue weighted by molar-refractivity contribution is 5.94. The van der Waals surface area contributed by atoms with Gasteiger partial charge < -0.3 is 19.5 Å². The molecule has 24 heavy (non-hydrogen) atoms. The second kappa shape index (κ2) is 8.24. The molecule has 128 valence electrons. The highest BCUT2D eigenvalue weighted by atomic mass is 16.5. The summed E-state index contributed by atoms with van der Waals surface area (Å²) in [4.78, 5) is 12.4. The Morgan fingerprint density at radius 2 is 1.58 bits per heavy atom. The third kappa shape index (κ3) is 3.98. The number of amides is 1. The molecular formula is C19H23NO4. The first kappa shape index (κ1) is 17.7. The molecule has 1 N–H and O–H groups in total. The molecule has 5 nitrogen and oxygen atoms in total. The van der Waals surface area contributed by atoms with Gasteiger partial charge in [0.1, 0.15) is 5.75 Å². The Balaban J connectivity index is 2.08. The number of aryl methyl sites for hydroxylation is 1. The van der Waals surface area contributed by atoms with Crippen molar-refractivity contribution in [1.29, 1.82) is 0 Å². The minimum atomic E-state index is -0.123. The van der Waals surface area contributed by atoms with Gasteiger partial charge in [-0.25, -0.2) is 0 Å². The number of carbonyl (C=O) groups excluding carboxylic acids is 1. The molecule has 0 spiro atoms. The highest BCUT2D eigenvalue weighted by Gasteiger charge is 2.10. The monoisotopic (exact) mass is 329 g/mol. The number of benzene rings is 2. The van der Waals surface area contributed by atoms with Gasteiger partial charge in [0, 0.05) is 12.1 Å². The molecule has 0 aromatic heterocycles. The van der Waals surface area contributed by atoms with E-state index in [1.165, 1.54) is 0 Å². The van der Waals surface area contributed by atoms with Crippen molar-refractivity contribution in [2.45, 2.75) is 19.9 Å². The van der Waals surface area contributed by atoms with E-state index in [0.717, 1.165) is 23.3 Å². The van der Waals surface area contributed by atoms with E-state index >= 15 is 0 Å². The molecule has 0 fully saturated rings. The molecule has 1 amide bonds. The van der Waals surface area contributed by atoms with E-state index in [1.807, 2.05) is 37.3 Å². The van der Waals surface area contributed by atoms with Crippen molar-refractivity contribution >= 4 is 5.91 Å². The summed E-state index contributed by atoms with van der Waals surface area (Å²) in [6.45, 7) is 2.44. The number of ether oxygens (including phenoxy) is 3. The third-order valence-corrected chi connectivity index (χ3v) is 3.82. The summed E-state index contributed by atoms with van der Waals surface area (Å²) >= 11 is 0. The van der Waals surface area contributed by atoms with Crippen LogP contribution >= 0.6 is 0 Å². The molecule has 0 aliphatic carbocycles.